The Morgan fingerprint density at radius 1 is 1.19 bits per heavy atom. The molecule has 1 fully saturated rings. The highest BCUT2D eigenvalue weighted by molar-refractivity contribution is 5.56. The van der Waals surface area contributed by atoms with Gasteiger partial charge in [-0.25, -0.2) is 4.39 Å². The first kappa shape index (κ1) is 16.2. The van der Waals surface area contributed by atoms with Crippen molar-refractivity contribution in [3.8, 4) is 0 Å². The second kappa shape index (κ2) is 7.23. The number of benzene rings is 1. The van der Waals surface area contributed by atoms with Gasteiger partial charge < -0.3 is 10.2 Å². The smallest absolute Gasteiger partial charge is 0.146 e. The largest absolute Gasteiger partial charge is 0.366 e. The fourth-order valence-corrected chi connectivity index (χ4v) is 3.02. The summed E-state index contributed by atoms with van der Waals surface area (Å²) in [7, 11) is 1.92. The van der Waals surface area contributed by atoms with Crippen molar-refractivity contribution < 1.29 is 4.39 Å². The van der Waals surface area contributed by atoms with Crippen LogP contribution in [0.15, 0.2) is 18.2 Å². The monoisotopic (exact) mass is 293 g/mol. The van der Waals surface area contributed by atoms with Crippen molar-refractivity contribution in [1.29, 1.82) is 0 Å². The maximum Gasteiger partial charge on any atom is 0.146 e. The average molecular weight is 293 g/mol. The lowest BCUT2D eigenvalue weighted by atomic mass is 10.0. The van der Waals surface area contributed by atoms with Gasteiger partial charge in [0, 0.05) is 38.3 Å². The van der Waals surface area contributed by atoms with Crippen LogP contribution in [0.3, 0.4) is 0 Å². The molecule has 1 aliphatic heterocycles. The molecular formula is C17H28FN3. The molecule has 1 N–H and O–H groups in total. The fourth-order valence-electron chi connectivity index (χ4n) is 3.02. The van der Waals surface area contributed by atoms with Gasteiger partial charge in [-0.3, -0.25) is 4.90 Å². The van der Waals surface area contributed by atoms with Gasteiger partial charge >= 0.3 is 0 Å². The van der Waals surface area contributed by atoms with Crippen LogP contribution in [0.1, 0.15) is 38.8 Å². The molecule has 4 heteroatoms. The maximum absolute atomic E-state index is 14.4. The fraction of sp³-hybridized carbons (Fsp3) is 0.647. The van der Waals surface area contributed by atoms with Crippen LogP contribution in [0.5, 0.6) is 0 Å². The molecule has 118 valence electrons. The van der Waals surface area contributed by atoms with Gasteiger partial charge in [-0.2, -0.15) is 0 Å². The van der Waals surface area contributed by atoms with Gasteiger partial charge in [-0.15, -0.1) is 0 Å². The normalized spacial score (nSPS) is 19.6. The van der Waals surface area contributed by atoms with E-state index in [2.05, 4.69) is 35.9 Å². The Bertz CT molecular complexity index is 455. The molecule has 2 rings (SSSR count). The first-order chi connectivity index (χ1) is 10.1. The third kappa shape index (κ3) is 3.55. The predicted octanol–water partition coefficient (Wildman–Crippen LogP) is 3.03. The van der Waals surface area contributed by atoms with Crippen LogP contribution in [0, 0.1) is 5.82 Å². The van der Waals surface area contributed by atoms with Gasteiger partial charge in [0.05, 0.1) is 5.69 Å². The van der Waals surface area contributed by atoms with Crippen molar-refractivity contribution in [3.05, 3.63) is 29.6 Å². The molecule has 1 heterocycles. The molecule has 1 saturated heterocycles. The molecule has 0 bridgehead atoms. The molecule has 21 heavy (non-hydrogen) atoms. The van der Waals surface area contributed by atoms with Crippen LogP contribution >= 0.6 is 0 Å². The first-order valence-electron chi connectivity index (χ1n) is 8.03. The summed E-state index contributed by atoms with van der Waals surface area (Å²) >= 11 is 0. The Labute approximate surface area is 128 Å². The summed E-state index contributed by atoms with van der Waals surface area (Å²) in [6.07, 6.45) is 1.17. The Hall–Kier alpha value is -1.13. The highest BCUT2D eigenvalue weighted by Gasteiger charge is 2.24. The number of hydrogen-bond acceptors (Lipinski definition) is 3. The number of hydrogen-bond donors (Lipinski definition) is 1. The summed E-state index contributed by atoms with van der Waals surface area (Å²) in [5.74, 6) is -0.105. The Morgan fingerprint density at radius 2 is 1.86 bits per heavy atom. The van der Waals surface area contributed by atoms with Gasteiger partial charge in [0.25, 0.3) is 0 Å². The van der Waals surface area contributed by atoms with Crippen molar-refractivity contribution in [3.63, 3.8) is 0 Å². The molecule has 1 aliphatic rings. The van der Waals surface area contributed by atoms with E-state index < -0.39 is 0 Å². The van der Waals surface area contributed by atoms with Crippen molar-refractivity contribution in [1.82, 2.24) is 10.2 Å². The number of nitrogens with zero attached hydrogens (tertiary/aromatic N) is 2. The molecule has 0 spiro atoms. The third-order valence-corrected chi connectivity index (χ3v) is 4.76. The van der Waals surface area contributed by atoms with Gasteiger partial charge in [0.1, 0.15) is 5.82 Å². The van der Waals surface area contributed by atoms with E-state index in [9.17, 15) is 4.39 Å². The van der Waals surface area contributed by atoms with Crippen LogP contribution in [0.4, 0.5) is 10.1 Å². The lowest BCUT2D eigenvalue weighted by Gasteiger charge is -2.40. The predicted molar refractivity (Wildman–Crippen MR) is 87.4 cm³/mol. The van der Waals surface area contributed by atoms with E-state index in [0.717, 1.165) is 37.4 Å². The van der Waals surface area contributed by atoms with Gasteiger partial charge in [-0.05, 0) is 38.9 Å². The maximum atomic E-state index is 14.4. The number of nitrogens with one attached hydrogen (secondary N) is 1. The summed E-state index contributed by atoms with van der Waals surface area (Å²) in [4.78, 5) is 4.70. The van der Waals surface area contributed by atoms with E-state index in [1.165, 1.54) is 6.42 Å². The lowest BCUT2D eigenvalue weighted by Crippen LogP contribution is -2.50. The minimum atomic E-state index is -0.105. The topological polar surface area (TPSA) is 18.5 Å². The van der Waals surface area contributed by atoms with Gasteiger partial charge in [-0.1, -0.05) is 19.1 Å². The third-order valence-electron chi connectivity index (χ3n) is 4.76. The lowest BCUT2D eigenvalue weighted by molar-refractivity contribution is 0.192. The van der Waals surface area contributed by atoms with Gasteiger partial charge in [0.15, 0.2) is 0 Å². The molecule has 0 amide bonds. The molecule has 3 nitrogen and oxygen atoms in total. The van der Waals surface area contributed by atoms with Crippen LogP contribution < -0.4 is 10.2 Å². The number of piperazine rings is 1. The van der Waals surface area contributed by atoms with Crippen LogP contribution in [-0.4, -0.2) is 44.2 Å². The first-order valence-corrected chi connectivity index (χ1v) is 8.03. The zero-order valence-corrected chi connectivity index (χ0v) is 13.7. The zero-order chi connectivity index (χ0) is 15.4. The van der Waals surface area contributed by atoms with Crippen LogP contribution in [-0.2, 0) is 0 Å². The number of rotatable bonds is 5. The minimum Gasteiger partial charge on any atom is -0.366 e. The molecule has 2 unspecified atom stereocenters. The molecule has 2 atom stereocenters. The quantitative estimate of drug-likeness (QED) is 0.900. The molecule has 0 aromatic heterocycles. The Morgan fingerprint density at radius 3 is 2.43 bits per heavy atom. The van der Waals surface area contributed by atoms with E-state index in [4.69, 9.17) is 0 Å². The summed E-state index contributed by atoms with van der Waals surface area (Å²) < 4.78 is 14.4. The average Bonchev–Trinajstić information content (AvgIpc) is 2.53. The van der Waals surface area contributed by atoms with E-state index in [-0.39, 0.29) is 11.9 Å². The summed E-state index contributed by atoms with van der Waals surface area (Å²) in [5, 5.41) is 3.22. The molecule has 0 saturated carbocycles. The second-order valence-corrected chi connectivity index (χ2v) is 5.97. The summed E-state index contributed by atoms with van der Waals surface area (Å²) in [6, 6.07) is 6.17. The standard InChI is InChI=1S/C17H28FN3/c1-5-13(2)20-9-11-21(12-10-20)17-15(14(3)19-4)7-6-8-16(17)18/h6-8,13-14,19H,5,9-12H2,1-4H3. The molecule has 1 aromatic carbocycles. The van der Waals surface area contributed by atoms with Gasteiger partial charge in [0.2, 0.25) is 0 Å². The second-order valence-electron chi connectivity index (χ2n) is 5.97. The highest BCUT2D eigenvalue weighted by atomic mass is 19.1. The van der Waals surface area contributed by atoms with Crippen molar-refractivity contribution in [2.24, 2.45) is 0 Å². The number of anilines is 1. The van der Waals surface area contributed by atoms with Crippen LogP contribution in [0.2, 0.25) is 0 Å². The number of halogens is 1. The van der Waals surface area contributed by atoms with E-state index in [0.29, 0.717) is 6.04 Å². The molecule has 0 radical (unpaired) electrons. The summed E-state index contributed by atoms with van der Waals surface area (Å²) in [6.45, 7) is 10.4. The molecule has 1 aromatic rings. The van der Waals surface area contributed by atoms with E-state index in [1.54, 1.807) is 12.1 Å². The Balaban J connectivity index is 2.16. The van der Waals surface area contributed by atoms with Crippen molar-refractivity contribution in [2.75, 3.05) is 38.1 Å². The highest BCUT2D eigenvalue weighted by Crippen LogP contribution is 2.30. The van der Waals surface area contributed by atoms with Crippen molar-refractivity contribution >= 4 is 5.69 Å². The zero-order valence-electron chi connectivity index (χ0n) is 13.7. The SMILES string of the molecule is CCC(C)N1CCN(c2c(F)cccc2C(C)NC)CC1. The number of para-hydroxylation sites is 1. The molecule has 0 aliphatic carbocycles. The Kier molecular flexibility index (Phi) is 5.59. The van der Waals surface area contributed by atoms with E-state index in [1.807, 2.05) is 13.1 Å². The minimum absolute atomic E-state index is 0.105. The van der Waals surface area contributed by atoms with E-state index >= 15 is 0 Å². The molecular weight excluding hydrogens is 265 g/mol. The summed E-state index contributed by atoms with van der Waals surface area (Å²) in [5.41, 5.74) is 1.83. The van der Waals surface area contributed by atoms with Crippen molar-refractivity contribution in [2.45, 2.75) is 39.3 Å². The van der Waals surface area contributed by atoms with Crippen LogP contribution in [0.25, 0.3) is 0 Å².